The van der Waals surface area contributed by atoms with Crippen LogP contribution in [0.2, 0.25) is 0 Å². The van der Waals surface area contributed by atoms with Crippen LogP contribution in [0.15, 0.2) is 205 Å². The van der Waals surface area contributed by atoms with Gasteiger partial charge in [-0.15, -0.1) is 0 Å². The van der Waals surface area contributed by atoms with Gasteiger partial charge >= 0.3 is 0 Å². The van der Waals surface area contributed by atoms with Crippen molar-refractivity contribution < 1.29 is 4.42 Å². The number of rotatable bonds is 4. The summed E-state index contributed by atoms with van der Waals surface area (Å²) in [5.74, 6) is 0. The van der Waals surface area contributed by atoms with E-state index in [9.17, 15) is 0 Å². The van der Waals surface area contributed by atoms with Gasteiger partial charge < -0.3 is 9.32 Å². The van der Waals surface area contributed by atoms with Crippen LogP contribution in [0.25, 0.3) is 66.4 Å². The largest absolute Gasteiger partial charge is 0.456 e. The van der Waals surface area contributed by atoms with Crippen LogP contribution in [-0.2, 0) is 10.8 Å². The van der Waals surface area contributed by atoms with Gasteiger partial charge in [0, 0.05) is 38.8 Å². The van der Waals surface area contributed by atoms with Crippen molar-refractivity contribution in [3.05, 3.63) is 234 Å². The smallest absolute Gasteiger partial charge is 0.136 e. The molecule has 9 aromatic carbocycles. The number of hydrogen-bond acceptors (Lipinski definition) is 2. The lowest BCUT2D eigenvalue weighted by molar-refractivity contribution is 0.660. The molecule has 60 heavy (non-hydrogen) atoms. The van der Waals surface area contributed by atoms with Crippen LogP contribution >= 0.6 is 0 Å². The Morgan fingerprint density at radius 1 is 0.367 bits per heavy atom. The molecule has 0 aliphatic heterocycles. The first-order valence-electron chi connectivity index (χ1n) is 21.0. The summed E-state index contributed by atoms with van der Waals surface area (Å²) >= 11 is 0. The average Bonchev–Trinajstić information content (AvgIpc) is 3.98. The number of nitrogens with zero attached hydrogens (tertiary/aromatic N) is 1. The fourth-order valence-electron chi connectivity index (χ4n) is 11.4. The molecular weight excluding hydrogens is 727 g/mol. The molecule has 0 N–H and O–H groups in total. The van der Waals surface area contributed by atoms with Gasteiger partial charge in [0.25, 0.3) is 0 Å². The van der Waals surface area contributed by atoms with E-state index in [0.717, 1.165) is 39.0 Å². The summed E-state index contributed by atoms with van der Waals surface area (Å²) < 4.78 is 6.86. The molecule has 10 aromatic rings. The van der Waals surface area contributed by atoms with Crippen molar-refractivity contribution in [2.45, 2.75) is 24.7 Å². The Balaban J connectivity index is 1.14. The molecule has 0 saturated carbocycles. The highest BCUT2D eigenvalue weighted by molar-refractivity contribution is 6.18. The third-order valence-electron chi connectivity index (χ3n) is 13.9. The van der Waals surface area contributed by atoms with E-state index in [1.165, 1.54) is 77.9 Å². The van der Waals surface area contributed by atoms with E-state index in [1.54, 1.807) is 0 Å². The van der Waals surface area contributed by atoms with E-state index in [1.807, 2.05) is 0 Å². The molecule has 1 aromatic heterocycles. The fraction of sp³-hybridized carbons (Fsp3) is 0.0690. The molecule has 1 heterocycles. The van der Waals surface area contributed by atoms with Gasteiger partial charge in [-0.05, 0) is 121 Å². The number of fused-ring (bicyclic) bond motifs is 16. The number of benzene rings is 9. The summed E-state index contributed by atoms with van der Waals surface area (Å²) in [6, 6.07) is 74.1. The molecule has 3 aliphatic rings. The van der Waals surface area contributed by atoms with Crippen LogP contribution in [0, 0.1) is 0 Å². The number of para-hydroxylation sites is 2. The Morgan fingerprint density at radius 2 is 0.900 bits per heavy atom. The third kappa shape index (κ3) is 4.27. The zero-order valence-corrected chi connectivity index (χ0v) is 33.4. The molecule has 13 rings (SSSR count). The summed E-state index contributed by atoms with van der Waals surface area (Å²) in [5.41, 5.74) is 22.5. The van der Waals surface area contributed by atoms with E-state index in [2.05, 4.69) is 219 Å². The minimum Gasteiger partial charge on any atom is -0.456 e. The van der Waals surface area contributed by atoms with Gasteiger partial charge in [-0.2, -0.15) is 0 Å². The first-order chi connectivity index (χ1) is 29.5. The lowest BCUT2D eigenvalue weighted by Gasteiger charge is -2.32. The second kappa shape index (κ2) is 12.1. The topological polar surface area (TPSA) is 16.4 Å². The first kappa shape index (κ1) is 33.5. The van der Waals surface area contributed by atoms with Crippen LogP contribution in [-0.4, -0.2) is 0 Å². The number of anilines is 3. The average molecular weight is 766 g/mol. The lowest BCUT2D eigenvalue weighted by Crippen LogP contribution is -2.26. The molecule has 0 atom stereocenters. The predicted octanol–water partition coefficient (Wildman–Crippen LogP) is 15.4. The van der Waals surface area contributed by atoms with Crippen molar-refractivity contribution in [1.29, 1.82) is 0 Å². The minimum atomic E-state index is -0.589. The van der Waals surface area contributed by atoms with Gasteiger partial charge in [0.15, 0.2) is 0 Å². The lowest BCUT2D eigenvalue weighted by atomic mass is 9.70. The highest BCUT2D eigenvalue weighted by Gasteiger charge is 2.53. The van der Waals surface area contributed by atoms with Crippen LogP contribution in [0.5, 0.6) is 0 Å². The van der Waals surface area contributed by atoms with Gasteiger partial charge in [-0.1, -0.05) is 166 Å². The predicted molar refractivity (Wildman–Crippen MR) is 248 cm³/mol. The minimum absolute atomic E-state index is 0.125. The maximum atomic E-state index is 6.86. The van der Waals surface area contributed by atoms with E-state index in [0.29, 0.717) is 0 Å². The molecule has 0 amide bonds. The maximum absolute atomic E-state index is 6.86. The summed E-state index contributed by atoms with van der Waals surface area (Å²) in [5, 5.41) is 2.30. The van der Waals surface area contributed by atoms with E-state index in [4.69, 9.17) is 4.42 Å². The summed E-state index contributed by atoms with van der Waals surface area (Å²) in [6.45, 7) is 4.73. The van der Waals surface area contributed by atoms with E-state index < -0.39 is 5.41 Å². The van der Waals surface area contributed by atoms with Crippen LogP contribution in [0.1, 0.15) is 47.2 Å². The molecular formula is C58H39NO. The Labute approximate surface area is 349 Å². The molecule has 0 saturated heterocycles. The number of furan rings is 1. The Hall–Kier alpha value is -7.42. The normalized spacial score (nSPS) is 14.4. The van der Waals surface area contributed by atoms with Crippen molar-refractivity contribution in [3.8, 4) is 44.5 Å². The maximum Gasteiger partial charge on any atom is 0.136 e. The van der Waals surface area contributed by atoms with Gasteiger partial charge in [-0.25, -0.2) is 0 Å². The first-order valence-corrected chi connectivity index (χ1v) is 21.0. The SMILES string of the molecule is CC1(C)c2ccccc2-c2ccc(N(c3ccccc3)c3ccc4c(c3)C3(c5ccccc5-c5ccccc53)c3cc5oc6ccccc6c5c(-c5ccccc5)c3-4)cc21. The third-order valence-corrected chi connectivity index (χ3v) is 13.9. The van der Waals surface area contributed by atoms with E-state index >= 15 is 0 Å². The van der Waals surface area contributed by atoms with Gasteiger partial charge in [0.2, 0.25) is 0 Å². The Kier molecular flexibility index (Phi) is 6.74. The molecule has 0 bridgehead atoms. The van der Waals surface area contributed by atoms with Gasteiger partial charge in [0.1, 0.15) is 11.2 Å². The van der Waals surface area contributed by atoms with Crippen molar-refractivity contribution in [3.63, 3.8) is 0 Å². The highest BCUT2D eigenvalue weighted by Crippen LogP contribution is 2.66. The second-order valence-corrected chi connectivity index (χ2v) is 17.2. The van der Waals surface area contributed by atoms with Crippen molar-refractivity contribution in [2.75, 3.05) is 4.90 Å². The van der Waals surface area contributed by atoms with Crippen LogP contribution < -0.4 is 4.90 Å². The van der Waals surface area contributed by atoms with Crippen LogP contribution in [0.4, 0.5) is 17.1 Å². The summed E-state index contributed by atoms with van der Waals surface area (Å²) in [4.78, 5) is 2.46. The summed E-state index contributed by atoms with van der Waals surface area (Å²) in [6.07, 6.45) is 0. The van der Waals surface area contributed by atoms with Crippen molar-refractivity contribution in [1.82, 2.24) is 0 Å². The van der Waals surface area contributed by atoms with Crippen molar-refractivity contribution in [2.24, 2.45) is 0 Å². The molecule has 0 fully saturated rings. The van der Waals surface area contributed by atoms with Gasteiger partial charge in [-0.3, -0.25) is 0 Å². The monoisotopic (exact) mass is 765 g/mol. The molecule has 2 nitrogen and oxygen atoms in total. The number of hydrogen-bond donors (Lipinski definition) is 0. The zero-order valence-electron chi connectivity index (χ0n) is 33.4. The molecule has 2 heteroatoms. The fourth-order valence-corrected chi connectivity index (χ4v) is 11.4. The zero-order chi connectivity index (χ0) is 39.7. The second-order valence-electron chi connectivity index (χ2n) is 17.2. The van der Waals surface area contributed by atoms with Gasteiger partial charge in [0.05, 0.1) is 5.41 Å². The van der Waals surface area contributed by atoms with Crippen LogP contribution in [0.3, 0.4) is 0 Å². The Morgan fingerprint density at radius 3 is 1.60 bits per heavy atom. The van der Waals surface area contributed by atoms with Crippen molar-refractivity contribution >= 4 is 39.0 Å². The van der Waals surface area contributed by atoms with E-state index in [-0.39, 0.29) is 5.41 Å². The highest BCUT2D eigenvalue weighted by atomic mass is 16.3. The standard InChI is InChI=1S/C58H39NO/c1-57(2)46-25-13-9-21-40(46)43-31-29-38(33-49(43)57)59(37-19-7-4-8-20-37)39-30-32-44-50(34-39)58(47-26-14-10-22-41(47)42-23-11-15-27-48(42)58)51-35-53-56(45-24-12-16-28-52(45)60-53)54(55(44)51)36-17-5-3-6-18-36/h3-35H,1-2H3. The molecule has 1 spiro atoms. The Bertz CT molecular complexity index is 3360. The molecule has 0 unspecified atom stereocenters. The molecule has 3 aliphatic carbocycles. The quantitative estimate of drug-likeness (QED) is 0.177. The molecule has 282 valence electrons. The molecule has 0 radical (unpaired) electrons. The summed E-state index contributed by atoms with van der Waals surface area (Å²) in [7, 11) is 0.